The van der Waals surface area contributed by atoms with Gasteiger partial charge in [0.2, 0.25) is 0 Å². The van der Waals surface area contributed by atoms with Crippen molar-refractivity contribution in [2.75, 3.05) is 0 Å². The maximum atomic E-state index is 14.2. The summed E-state index contributed by atoms with van der Waals surface area (Å²) in [6.07, 6.45) is 11.1. The highest BCUT2D eigenvalue weighted by Gasteiger charge is 2.71. The number of hydrogen-bond donors (Lipinski definition) is 0. The van der Waals surface area contributed by atoms with E-state index in [1.54, 1.807) is 0 Å². The van der Waals surface area contributed by atoms with Crippen molar-refractivity contribution in [2.24, 2.45) is 56.2 Å². The molecule has 2 heteroatoms. The van der Waals surface area contributed by atoms with Crippen LogP contribution in [0.3, 0.4) is 0 Å². The Bertz CT molecular complexity index is 853. The Kier molecular flexibility index (Phi) is 4.70. The van der Waals surface area contributed by atoms with E-state index in [2.05, 4.69) is 55.4 Å². The molecule has 32 heavy (non-hydrogen) atoms. The van der Waals surface area contributed by atoms with Gasteiger partial charge in [-0.2, -0.15) is 0 Å². The molecule has 0 aromatic rings. The Morgan fingerprint density at radius 2 is 1.38 bits per heavy atom. The van der Waals surface area contributed by atoms with Gasteiger partial charge >= 0.3 is 0 Å². The van der Waals surface area contributed by atoms with Crippen molar-refractivity contribution in [1.29, 1.82) is 0 Å². The fraction of sp³-hybridized carbons (Fsp3) is 0.933. The lowest BCUT2D eigenvalue weighted by Crippen LogP contribution is -2.68. The minimum Gasteiger partial charge on any atom is -0.299 e. The third kappa shape index (κ3) is 2.70. The van der Waals surface area contributed by atoms with E-state index in [0.29, 0.717) is 46.6 Å². The molecule has 0 amide bonds. The molecular weight excluding hydrogens is 392 g/mol. The van der Waals surface area contributed by atoms with E-state index in [9.17, 15) is 9.59 Å². The zero-order valence-electron chi connectivity index (χ0n) is 22.2. The monoisotopic (exact) mass is 440 g/mol. The highest BCUT2D eigenvalue weighted by molar-refractivity contribution is 5.86. The van der Waals surface area contributed by atoms with Crippen molar-refractivity contribution < 1.29 is 9.59 Å². The minimum absolute atomic E-state index is 0.101. The van der Waals surface area contributed by atoms with Gasteiger partial charge in [-0.3, -0.25) is 9.59 Å². The number of carbonyl (C=O) groups is 2. The third-order valence-corrected chi connectivity index (χ3v) is 13.2. The van der Waals surface area contributed by atoms with Crippen molar-refractivity contribution in [1.82, 2.24) is 0 Å². The summed E-state index contributed by atoms with van der Waals surface area (Å²) in [6, 6.07) is 0. The highest BCUT2D eigenvalue weighted by atomic mass is 16.1. The normalized spacial score (nSPS) is 54.1. The van der Waals surface area contributed by atoms with E-state index < -0.39 is 0 Å². The second-order valence-electron chi connectivity index (χ2n) is 15.4. The summed E-state index contributed by atoms with van der Waals surface area (Å²) in [6.45, 7) is 19.4. The predicted molar refractivity (Wildman–Crippen MR) is 130 cm³/mol. The van der Waals surface area contributed by atoms with E-state index in [1.165, 1.54) is 38.5 Å². The van der Waals surface area contributed by atoms with Gasteiger partial charge < -0.3 is 0 Å². The molecule has 0 radical (unpaired) electrons. The predicted octanol–water partition coefficient (Wildman–Crippen LogP) is 7.64. The van der Waals surface area contributed by atoms with Crippen molar-refractivity contribution >= 4 is 11.6 Å². The summed E-state index contributed by atoms with van der Waals surface area (Å²) in [5.74, 6) is 2.67. The van der Waals surface area contributed by atoms with Crippen LogP contribution in [-0.2, 0) is 9.59 Å². The first-order valence-corrected chi connectivity index (χ1v) is 13.7. The molecule has 0 bridgehead atoms. The molecule has 0 aliphatic heterocycles. The van der Waals surface area contributed by atoms with Gasteiger partial charge in [-0.1, -0.05) is 55.4 Å². The van der Waals surface area contributed by atoms with Gasteiger partial charge in [0, 0.05) is 24.2 Å². The van der Waals surface area contributed by atoms with Gasteiger partial charge in [0.1, 0.15) is 11.6 Å². The van der Waals surface area contributed by atoms with Gasteiger partial charge in [-0.05, 0) is 96.2 Å². The van der Waals surface area contributed by atoms with Crippen LogP contribution >= 0.6 is 0 Å². The number of ketones is 2. The quantitative estimate of drug-likeness (QED) is 0.388. The zero-order valence-corrected chi connectivity index (χ0v) is 22.2. The second-order valence-corrected chi connectivity index (χ2v) is 15.4. The summed E-state index contributed by atoms with van der Waals surface area (Å²) in [7, 11) is 0. The molecule has 5 saturated carbocycles. The largest absolute Gasteiger partial charge is 0.299 e. The number of carbonyl (C=O) groups excluding carboxylic acids is 2. The Morgan fingerprint density at radius 3 is 2.06 bits per heavy atom. The van der Waals surface area contributed by atoms with Crippen LogP contribution in [0, 0.1) is 56.2 Å². The fourth-order valence-corrected chi connectivity index (χ4v) is 10.8. The van der Waals surface area contributed by atoms with Gasteiger partial charge in [-0.15, -0.1) is 0 Å². The highest BCUT2D eigenvalue weighted by Crippen LogP contribution is 2.76. The van der Waals surface area contributed by atoms with Crippen LogP contribution in [0.5, 0.6) is 0 Å². The molecule has 0 spiro atoms. The Hall–Kier alpha value is -0.660. The average molecular weight is 441 g/mol. The molecule has 2 nitrogen and oxygen atoms in total. The van der Waals surface area contributed by atoms with Crippen LogP contribution in [0.4, 0.5) is 0 Å². The lowest BCUT2D eigenvalue weighted by atomic mass is 9.31. The summed E-state index contributed by atoms with van der Waals surface area (Å²) < 4.78 is 0. The minimum atomic E-state index is -0.242. The molecule has 0 aromatic heterocycles. The zero-order chi connectivity index (χ0) is 23.5. The number of rotatable bonds is 0. The maximum Gasteiger partial charge on any atom is 0.138 e. The van der Waals surface area contributed by atoms with Crippen molar-refractivity contribution in [3.8, 4) is 0 Å². The molecule has 0 heterocycles. The Labute approximate surface area is 197 Å². The van der Waals surface area contributed by atoms with E-state index in [-0.39, 0.29) is 27.6 Å². The Morgan fingerprint density at radius 1 is 0.719 bits per heavy atom. The lowest BCUT2D eigenvalue weighted by Gasteiger charge is -2.72. The average Bonchev–Trinajstić information content (AvgIpc) is 2.68. The van der Waals surface area contributed by atoms with Gasteiger partial charge in [0.05, 0.1) is 0 Å². The fourth-order valence-electron chi connectivity index (χ4n) is 10.8. The lowest BCUT2D eigenvalue weighted by molar-refractivity contribution is -0.232. The standard InChI is InChI=1S/C30H48O2/c1-25(2)13-14-27(5)15-16-30(8)24(19(27)18-25)20(31)17-22-28(6)11-10-23(32)26(3,4)21(28)9-12-29(22,30)7/h19,21-22,24H,9-18H2,1-8H3/t19?,21-,22+,24?,27+,28-,29+,30+/m0/s1. The third-order valence-electron chi connectivity index (χ3n) is 13.2. The second kappa shape index (κ2) is 6.51. The first kappa shape index (κ1) is 23.1. The van der Waals surface area contributed by atoms with Crippen molar-refractivity contribution in [3.05, 3.63) is 0 Å². The molecule has 0 aromatic carbocycles. The van der Waals surface area contributed by atoms with Crippen LogP contribution in [0.15, 0.2) is 0 Å². The van der Waals surface area contributed by atoms with Crippen LogP contribution in [0.25, 0.3) is 0 Å². The first-order valence-electron chi connectivity index (χ1n) is 13.7. The summed E-state index contributed by atoms with van der Waals surface area (Å²) >= 11 is 0. The molecular formula is C30H48O2. The summed E-state index contributed by atoms with van der Waals surface area (Å²) in [5, 5.41) is 0. The number of hydrogen-bond acceptors (Lipinski definition) is 2. The van der Waals surface area contributed by atoms with E-state index in [0.717, 1.165) is 19.3 Å². The SMILES string of the molecule is CC1(C)CC[C@]2(C)CC[C@]3(C)C(C(=O)C[C@@H]4[C@@]5(C)CCC(=O)C(C)(C)[C@@H]5CC[C@]43C)C2C1. The topological polar surface area (TPSA) is 34.1 Å². The van der Waals surface area contributed by atoms with Crippen molar-refractivity contribution in [3.63, 3.8) is 0 Å². The Balaban J connectivity index is 1.58. The molecule has 5 fully saturated rings. The first-order chi connectivity index (χ1) is 14.6. The van der Waals surface area contributed by atoms with Gasteiger partial charge in [0.25, 0.3) is 0 Å². The van der Waals surface area contributed by atoms with Gasteiger partial charge in [-0.25, -0.2) is 0 Å². The molecule has 5 rings (SSSR count). The number of fused-ring (bicyclic) bond motifs is 7. The number of Topliss-reactive ketones (excluding diaryl/α,β-unsaturated/α-hetero) is 2. The molecule has 5 aliphatic carbocycles. The molecule has 180 valence electrons. The van der Waals surface area contributed by atoms with Gasteiger partial charge in [0.15, 0.2) is 0 Å². The summed E-state index contributed by atoms with van der Waals surface area (Å²) in [4.78, 5) is 27.1. The molecule has 5 aliphatic rings. The van der Waals surface area contributed by atoms with Crippen molar-refractivity contribution in [2.45, 2.75) is 120 Å². The maximum absolute atomic E-state index is 14.2. The van der Waals surface area contributed by atoms with Crippen LogP contribution < -0.4 is 0 Å². The van der Waals surface area contributed by atoms with E-state index in [1.807, 2.05) is 0 Å². The van der Waals surface area contributed by atoms with E-state index in [4.69, 9.17) is 0 Å². The molecule has 0 saturated heterocycles. The van der Waals surface area contributed by atoms with E-state index >= 15 is 0 Å². The van der Waals surface area contributed by atoms with Crippen LogP contribution in [-0.4, -0.2) is 11.6 Å². The summed E-state index contributed by atoms with van der Waals surface area (Å²) in [5.41, 5.74) is 0.880. The smallest absolute Gasteiger partial charge is 0.138 e. The molecule has 8 atom stereocenters. The molecule has 0 N–H and O–H groups in total. The van der Waals surface area contributed by atoms with Crippen LogP contribution in [0.1, 0.15) is 120 Å². The van der Waals surface area contributed by atoms with Crippen LogP contribution in [0.2, 0.25) is 0 Å². The molecule has 2 unspecified atom stereocenters.